The number of ether oxygens (including phenoxy) is 1. The van der Waals surface area contributed by atoms with E-state index in [0.29, 0.717) is 17.4 Å². The highest BCUT2D eigenvalue weighted by Gasteiger charge is 2.19. The molecule has 2 rings (SSSR count). The largest absolute Gasteiger partial charge is 0.496 e. The van der Waals surface area contributed by atoms with E-state index in [9.17, 15) is 0 Å². The molecule has 0 bridgehead atoms. The maximum Gasteiger partial charge on any atom is 0.129 e. The molecule has 1 aliphatic heterocycles. The predicted octanol–water partition coefficient (Wildman–Crippen LogP) is 1.51. The summed E-state index contributed by atoms with van der Waals surface area (Å²) in [5.74, 6) is 0.717. The normalized spacial score (nSPS) is 17.1. The molecule has 1 fully saturated rings. The minimum absolute atomic E-state index is 0.0540. The lowest BCUT2D eigenvalue weighted by atomic mass is 10.1. The van der Waals surface area contributed by atoms with Crippen molar-refractivity contribution >= 4 is 5.84 Å². The van der Waals surface area contributed by atoms with E-state index in [1.54, 1.807) is 7.11 Å². The standard InChI is InChI=1S/C16H26N4O/c1-12(2)20-8-6-19(7-9-20)11-13-4-5-15(21-3)14(10-13)16(17)18/h4-5,10,12H,6-9,11H2,1-3H3,(H3,17,18). The summed E-state index contributed by atoms with van der Waals surface area (Å²) in [6.07, 6.45) is 0. The summed E-state index contributed by atoms with van der Waals surface area (Å²) in [6, 6.07) is 6.55. The minimum atomic E-state index is 0.0540. The molecule has 5 nitrogen and oxygen atoms in total. The average Bonchev–Trinajstić information content (AvgIpc) is 2.47. The molecule has 21 heavy (non-hydrogen) atoms. The van der Waals surface area contributed by atoms with Crippen molar-refractivity contribution in [3.8, 4) is 5.75 Å². The van der Waals surface area contributed by atoms with E-state index in [-0.39, 0.29) is 5.84 Å². The van der Waals surface area contributed by atoms with Crippen molar-refractivity contribution in [3.63, 3.8) is 0 Å². The predicted molar refractivity (Wildman–Crippen MR) is 86.0 cm³/mol. The molecule has 1 aromatic carbocycles. The Hall–Kier alpha value is -1.59. The number of benzene rings is 1. The summed E-state index contributed by atoms with van der Waals surface area (Å²) in [5, 5.41) is 7.65. The van der Waals surface area contributed by atoms with Crippen LogP contribution >= 0.6 is 0 Å². The van der Waals surface area contributed by atoms with Crippen molar-refractivity contribution in [2.75, 3.05) is 33.3 Å². The molecular formula is C16H26N4O. The fourth-order valence-electron chi connectivity index (χ4n) is 2.76. The Balaban J connectivity index is 2.01. The summed E-state index contributed by atoms with van der Waals surface area (Å²) in [6.45, 7) is 9.80. The van der Waals surface area contributed by atoms with E-state index in [1.165, 1.54) is 5.56 Å². The van der Waals surface area contributed by atoms with Gasteiger partial charge in [0.1, 0.15) is 11.6 Å². The number of hydrogen-bond donors (Lipinski definition) is 2. The van der Waals surface area contributed by atoms with Gasteiger partial charge in [-0.05, 0) is 31.5 Å². The first kappa shape index (κ1) is 15.8. The molecular weight excluding hydrogens is 264 g/mol. The maximum atomic E-state index is 7.65. The van der Waals surface area contributed by atoms with Gasteiger partial charge >= 0.3 is 0 Å². The van der Waals surface area contributed by atoms with Crippen molar-refractivity contribution in [1.82, 2.24) is 9.80 Å². The molecule has 0 unspecified atom stereocenters. The van der Waals surface area contributed by atoms with Gasteiger partial charge in [-0.2, -0.15) is 0 Å². The zero-order chi connectivity index (χ0) is 15.4. The smallest absolute Gasteiger partial charge is 0.129 e. The third-order valence-electron chi connectivity index (χ3n) is 4.10. The van der Waals surface area contributed by atoms with E-state index >= 15 is 0 Å². The number of piperazine rings is 1. The van der Waals surface area contributed by atoms with Gasteiger partial charge < -0.3 is 10.5 Å². The SMILES string of the molecule is COc1ccc(CN2CCN(C(C)C)CC2)cc1C(=N)N. The van der Waals surface area contributed by atoms with Gasteiger partial charge in [-0.1, -0.05) is 6.07 Å². The Morgan fingerprint density at radius 3 is 2.48 bits per heavy atom. The van der Waals surface area contributed by atoms with Crippen LogP contribution < -0.4 is 10.5 Å². The molecule has 5 heteroatoms. The molecule has 1 heterocycles. The molecule has 0 atom stereocenters. The van der Waals surface area contributed by atoms with Gasteiger partial charge in [0.05, 0.1) is 12.7 Å². The summed E-state index contributed by atoms with van der Waals surface area (Å²) < 4.78 is 5.25. The molecule has 0 spiro atoms. The highest BCUT2D eigenvalue weighted by molar-refractivity contribution is 5.97. The summed E-state index contributed by atoms with van der Waals surface area (Å²) in [5.41, 5.74) is 7.48. The minimum Gasteiger partial charge on any atom is -0.496 e. The van der Waals surface area contributed by atoms with Crippen LogP contribution in [-0.2, 0) is 6.54 Å². The lowest BCUT2D eigenvalue weighted by Crippen LogP contribution is -2.48. The molecule has 0 radical (unpaired) electrons. The first-order chi connectivity index (χ1) is 10.0. The van der Waals surface area contributed by atoms with E-state index in [0.717, 1.165) is 32.7 Å². The molecule has 0 saturated carbocycles. The Labute approximate surface area is 127 Å². The number of nitrogens with two attached hydrogens (primary N) is 1. The van der Waals surface area contributed by atoms with Crippen LogP contribution in [0.4, 0.5) is 0 Å². The number of nitrogen functional groups attached to an aromatic ring is 1. The van der Waals surface area contributed by atoms with Crippen molar-refractivity contribution in [3.05, 3.63) is 29.3 Å². The van der Waals surface area contributed by atoms with Gasteiger partial charge in [-0.15, -0.1) is 0 Å². The molecule has 1 aromatic rings. The lowest BCUT2D eigenvalue weighted by molar-refractivity contribution is 0.104. The summed E-state index contributed by atoms with van der Waals surface area (Å²) in [4.78, 5) is 4.95. The van der Waals surface area contributed by atoms with Crippen LogP contribution in [0, 0.1) is 5.41 Å². The van der Waals surface area contributed by atoms with E-state index in [4.69, 9.17) is 15.9 Å². The third kappa shape index (κ3) is 3.95. The Kier molecular flexibility index (Phi) is 5.20. The first-order valence-corrected chi connectivity index (χ1v) is 7.49. The zero-order valence-corrected chi connectivity index (χ0v) is 13.2. The average molecular weight is 290 g/mol. The zero-order valence-electron chi connectivity index (χ0n) is 13.2. The molecule has 1 aliphatic rings. The number of nitrogens with one attached hydrogen (secondary N) is 1. The van der Waals surface area contributed by atoms with Crippen molar-refractivity contribution < 1.29 is 4.74 Å². The summed E-state index contributed by atoms with van der Waals surface area (Å²) >= 11 is 0. The van der Waals surface area contributed by atoms with E-state index in [1.807, 2.05) is 12.1 Å². The van der Waals surface area contributed by atoms with Crippen LogP contribution in [0.2, 0.25) is 0 Å². The fourth-order valence-corrected chi connectivity index (χ4v) is 2.76. The molecule has 0 amide bonds. The second-order valence-electron chi connectivity index (χ2n) is 5.85. The highest BCUT2D eigenvalue weighted by atomic mass is 16.5. The van der Waals surface area contributed by atoms with Gasteiger partial charge in [-0.25, -0.2) is 0 Å². The Bertz CT molecular complexity index is 493. The van der Waals surface area contributed by atoms with Gasteiger partial charge in [0, 0.05) is 38.8 Å². The quantitative estimate of drug-likeness (QED) is 0.637. The molecule has 0 aliphatic carbocycles. The van der Waals surface area contributed by atoms with Gasteiger partial charge in [0.15, 0.2) is 0 Å². The number of methoxy groups -OCH3 is 1. The Morgan fingerprint density at radius 2 is 1.95 bits per heavy atom. The highest BCUT2D eigenvalue weighted by Crippen LogP contribution is 2.20. The molecule has 116 valence electrons. The van der Waals surface area contributed by atoms with Gasteiger partial charge in [-0.3, -0.25) is 15.2 Å². The molecule has 1 saturated heterocycles. The Morgan fingerprint density at radius 1 is 1.29 bits per heavy atom. The number of amidine groups is 1. The summed E-state index contributed by atoms with van der Waals surface area (Å²) in [7, 11) is 1.60. The second-order valence-corrected chi connectivity index (χ2v) is 5.85. The van der Waals surface area contributed by atoms with Crippen LogP contribution in [0.1, 0.15) is 25.0 Å². The van der Waals surface area contributed by atoms with Gasteiger partial charge in [0.25, 0.3) is 0 Å². The third-order valence-corrected chi connectivity index (χ3v) is 4.10. The number of hydrogen-bond acceptors (Lipinski definition) is 4. The maximum absolute atomic E-state index is 7.65. The lowest BCUT2D eigenvalue weighted by Gasteiger charge is -2.37. The number of nitrogens with zero attached hydrogens (tertiary/aromatic N) is 2. The molecule has 3 N–H and O–H groups in total. The van der Waals surface area contributed by atoms with Crippen molar-refractivity contribution in [1.29, 1.82) is 5.41 Å². The van der Waals surface area contributed by atoms with Crippen LogP contribution in [0.25, 0.3) is 0 Å². The number of rotatable bonds is 5. The van der Waals surface area contributed by atoms with E-state index < -0.39 is 0 Å². The fraction of sp³-hybridized carbons (Fsp3) is 0.562. The molecule has 0 aromatic heterocycles. The van der Waals surface area contributed by atoms with Crippen LogP contribution in [0.3, 0.4) is 0 Å². The monoisotopic (exact) mass is 290 g/mol. The second kappa shape index (κ2) is 6.91. The van der Waals surface area contributed by atoms with Crippen LogP contribution in [-0.4, -0.2) is 55.0 Å². The van der Waals surface area contributed by atoms with Crippen molar-refractivity contribution in [2.45, 2.75) is 26.4 Å². The van der Waals surface area contributed by atoms with Gasteiger partial charge in [0.2, 0.25) is 0 Å². The first-order valence-electron chi connectivity index (χ1n) is 7.49. The topological polar surface area (TPSA) is 65.6 Å². The van der Waals surface area contributed by atoms with Crippen LogP contribution in [0.15, 0.2) is 18.2 Å². The van der Waals surface area contributed by atoms with Crippen LogP contribution in [0.5, 0.6) is 5.75 Å². The van der Waals surface area contributed by atoms with Crippen molar-refractivity contribution in [2.24, 2.45) is 5.73 Å². The van der Waals surface area contributed by atoms with E-state index in [2.05, 4.69) is 29.7 Å².